The number of nitrogens with zero attached hydrogens (tertiary/aromatic N) is 2. The van der Waals surface area contributed by atoms with Crippen molar-refractivity contribution in [2.75, 3.05) is 25.5 Å². The highest BCUT2D eigenvalue weighted by atomic mass is 16.5. The van der Waals surface area contributed by atoms with E-state index in [2.05, 4.69) is 15.6 Å². The molecule has 2 aromatic rings. The summed E-state index contributed by atoms with van der Waals surface area (Å²) >= 11 is 0. The number of piperidine rings is 1. The summed E-state index contributed by atoms with van der Waals surface area (Å²) in [5, 5.41) is 5.83. The van der Waals surface area contributed by atoms with Crippen LogP contribution in [0.2, 0.25) is 0 Å². The van der Waals surface area contributed by atoms with Gasteiger partial charge in [0.25, 0.3) is 0 Å². The predicted molar refractivity (Wildman–Crippen MR) is 102 cm³/mol. The number of rotatable bonds is 5. The Balaban J connectivity index is 1.42. The number of nitrogens with one attached hydrogen (secondary N) is 2. The summed E-state index contributed by atoms with van der Waals surface area (Å²) in [6, 6.07) is 12.9. The van der Waals surface area contributed by atoms with Gasteiger partial charge in [0.05, 0.1) is 7.11 Å². The average molecular weight is 368 g/mol. The molecule has 1 aliphatic rings. The van der Waals surface area contributed by atoms with Gasteiger partial charge in [0.15, 0.2) is 0 Å². The first kappa shape index (κ1) is 18.7. The first-order valence-corrected chi connectivity index (χ1v) is 9.03. The minimum atomic E-state index is -0.121. The van der Waals surface area contributed by atoms with E-state index in [9.17, 15) is 9.59 Å². The summed E-state index contributed by atoms with van der Waals surface area (Å²) in [5.41, 5.74) is 1.69. The lowest BCUT2D eigenvalue weighted by atomic mass is 9.96. The molecule has 1 saturated heterocycles. The van der Waals surface area contributed by atoms with Gasteiger partial charge in [-0.3, -0.25) is 4.79 Å². The summed E-state index contributed by atoms with van der Waals surface area (Å²) in [5.74, 6) is 0.497. The fraction of sp³-hybridized carbons (Fsp3) is 0.350. The van der Waals surface area contributed by atoms with Crippen molar-refractivity contribution in [3.05, 3.63) is 54.2 Å². The minimum absolute atomic E-state index is 0.0222. The molecule has 0 unspecified atom stereocenters. The molecule has 1 aromatic heterocycles. The SMILES string of the molecule is COc1ccc(CNC(=O)C2CCN(C(=O)Nc3ccccc3)CC2)cn1. The number of benzene rings is 1. The molecular formula is C20H24N4O3. The van der Waals surface area contributed by atoms with Gasteiger partial charge in [-0.2, -0.15) is 0 Å². The molecule has 1 fully saturated rings. The van der Waals surface area contributed by atoms with Crippen LogP contribution in [0.4, 0.5) is 10.5 Å². The second-order valence-electron chi connectivity index (χ2n) is 6.48. The van der Waals surface area contributed by atoms with Crippen LogP contribution in [0.3, 0.4) is 0 Å². The van der Waals surface area contributed by atoms with Gasteiger partial charge in [-0.15, -0.1) is 0 Å². The Morgan fingerprint density at radius 3 is 2.52 bits per heavy atom. The predicted octanol–water partition coefficient (Wildman–Crippen LogP) is 2.65. The zero-order chi connectivity index (χ0) is 19.1. The van der Waals surface area contributed by atoms with Crippen LogP contribution in [0.5, 0.6) is 5.88 Å². The van der Waals surface area contributed by atoms with E-state index in [0.717, 1.165) is 11.3 Å². The maximum absolute atomic E-state index is 12.4. The standard InChI is InChI=1S/C20H24N4O3/c1-27-18-8-7-15(13-21-18)14-22-19(25)16-9-11-24(12-10-16)20(26)23-17-5-3-2-4-6-17/h2-8,13,16H,9-12,14H2,1H3,(H,22,25)(H,23,26). The van der Waals surface area contributed by atoms with E-state index in [1.165, 1.54) is 0 Å². The van der Waals surface area contributed by atoms with Crippen molar-refractivity contribution in [3.63, 3.8) is 0 Å². The third kappa shape index (κ3) is 5.20. The zero-order valence-corrected chi connectivity index (χ0v) is 15.4. The Morgan fingerprint density at radius 1 is 1.15 bits per heavy atom. The molecule has 7 heteroatoms. The number of para-hydroxylation sites is 1. The first-order valence-electron chi connectivity index (χ1n) is 9.03. The Bertz CT molecular complexity index is 757. The van der Waals surface area contributed by atoms with Gasteiger partial charge in [0, 0.05) is 43.5 Å². The van der Waals surface area contributed by atoms with Crippen LogP contribution in [0.15, 0.2) is 48.7 Å². The molecule has 1 aromatic carbocycles. The zero-order valence-electron chi connectivity index (χ0n) is 15.4. The average Bonchev–Trinajstić information content (AvgIpc) is 2.73. The van der Waals surface area contributed by atoms with Crippen molar-refractivity contribution in [1.29, 1.82) is 0 Å². The van der Waals surface area contributed by atoms with Crippen molar-refractivity contribution < 1.29 is 14.3 Å². The van der Waals surface area contributed by atoms with E-state index in [4.69, 9.17) is 4.74 Å². The van der Waals surface area contributed by atoms with Crippen molar-refractivity contribution in [3.8, 4) is 5.88 Å². The van der Waals surface area contributed by atoms with Gasteiger partial charge in [-0.1, -0.05) is 24.3 Å². The van der Waals surface area contributed by atoms with Crippen LogP contribution in [-0.2, 0) is 11.3 Å². The Hall–Kier alpha value is -3.09. The van der Waals surface area contributed by atoms with E-state index < -0.39 is 0 Å². The number of amides is 3. The van der Waals surface area contributed by atoms with Gasteiger partial charge >= 0.3 is 6.03 Å². The molecule has 2 N–H and O–H groups in total. The van der Waals surface area contributed by atoms with Crippen LogP contribution in [0, 0.1) is 5.92 Å². The molecule has 2 heterocycles. The van der Waals surface area contributed by atoms with Crippen LogP contribution >= 0.6 is 0 Å². The molecule has 0 radical (unpaired) electrons. The molecule has 3 amide bonds. The van der Waals surface area contributed by atoms with Gasteiger partial charge in [0.2, 0.25) is 11.8 Å². The van der Waals surface area contributed by atoms with Crippen LogP contribution in [0.25, 0.3) is 0 Å². The largest absolute Gasteiger partial charge is 0.481 e. The van der Waals surface area contributed by atoms with E-state index in [1.807, 2.05) is 36.4 Å². The third-order valence-corrected chi connectivity index (χ3v) is 4.65. The molecule has 7 nitrogen and oxygen atoms in total. The number of carbonyl (C=O) groups excluding carboxylic acids is 2. The summed E-state index contributed by atoms with van der Waals surface area (Å²) in [6.45, 7) is 1.58. The number of likely N-dealkylation sites (tertiary alicyclic amines) is 1. The third-order valence-electron chi connectivity index (χ3n) is 4.65. The normalized spacial score (nSPS) is 14.5. The number of urea groups is 1. The van der Waals surface area contributed by atoms with Gasteiger partial charge < -0.3 is 20.3 Å². The molecular weight excluding hydrogens is 344 g/mol. The fourth-order valence-electron chi connectivity index (χ4n) is 3.04. The van der Waals surface area contributed by atoms with Crippen LogP contribution in [0.1, 0.15) is 18.4 Å². The molecule has 1 aliphatic heterocycles. The minimum Gasteiger partial charge on any atom is -0.481 e. The summed E-state index contributed by atoms with van der Waals surface area (Å²) in [4.78, 5) is 30.6. The lowest BCUT2D eigenvalue weighted by Crippen LogP contribution is -2.44. The second kappa shape index (κ2) is 9.02. The smallest absolute Gasteiger partial charge is 0.321 e. The quantitative estimate of drug-likeness (QED) is 0.850. The highest BCUT2D eigenvalue weighted by molar-refractivity contribution is 5.89. The maximum atomic E-state index is 12.4. The van der Waals surface area contributed by atoms with Crippen molar-refractivity contribution in [2.24, 2.45) is 5.92 Å². The lowest BCUT2D eigenvalue weighted by molar-refractivity contribution is -0.126. The molecule has 0 bridgehead atoms. The van der Waals surface area contributed by atoms with E-state index >= 15 is 0 Å². The maximum Gasteiger partial charge on any atom is 0.321 e. The van der Waals surface area contributed by atoms with E-state index in [-0.39, 0.29) is 17.9 Å². The number of hydrogen-bond donors (Lipinski definition) is 2. The number of hydrogen-bond acceptors (Lipinski definition) is 4. The van der Waals surface area contributed by atoms with Crippen LogP contribution in [-0.4, -0.2) is 42.0 Å². The molecule has 3 rings (SSSR count). The number of pyridine rings is 1. The number of ether oxygens (including phenoxy) is 1. The van der Waals surface area contributed by atoms with Gasteiger partial charge in [-0.25, -0.2) is 9.78 Å². The van der Waals surface area contributed by atoms with E-state index in [1.54, 1.807) is 24.3 Å². The lowest BCUT2D eigenvalue weighted by Gasteiger charge is -2.31. The summed E-state index contributed by atoms with van der Waals surface area (Å²) < 4.78 is 5.02. The molecule has 0 atom stereocenters. The molecule has 0 aliphatic carbocycles. The number of aromatic nitrogens is 1. The monoisotopic (exact) mass is 368 g/mol. The fourth-order valence-corrected chi connectivity index (χ4v) is 3.04. The molecule has 27 heavy (non-hydrogen) atoms. The van der Waals surface area contributed by atoms with Crippen molar-refractivity contribution in [2.45, 2.75) is 19.4 Å². The molecule has 0 saturated carbocycles. The molecule has 0 spiro atoms. The number of carbonyl (C=O) groups is 2. The van der Waals surface area contributed by atoms with Crippen molar-refractivity contribution >= 4 is 17.6 Å². The Labute approximate surface area is 158 Å². The number of methoxy groups -OCH3 is 1. The molecule has 142 valence electrons. The Morgan fingerprint density at radius 2 is 1.89 bits per heavy atom. The Kier molecular flexibility index (Phi) is 6.25. The van der Waals surface area contributed by atoms with E-state index in [0.29, 0.717) is 38.4 Å². The van der Waals surface area contributed by atoms with Crippen LogP contribution < -0.4 is 15.4 Å². The van der Waals surface area contributed by atoms with Crippen molar-refractivity contribution in [1.82, 2.24) is 15.2 Å². The topological polar surface area (TPSA) is 83.6 Å². The number of anilines is 1. The first-order chi connectivity index (χ1) is 13.2. The second-order valence-corrected chi connectivity index (χ2v) is 6.48. The van der Waals surface area contributed by atoms with Gasteiger partial charge in [-0.05, 0) is 30.5 Å². The summed E-state index contributed by atoms with van der Waals surface area (Å²) in [6.07, 6.45) is 3.01. The summed E-state index contributed by atoms with van der Waals surface area (Å²) in [7, 11) is 1.57. The van der Waals surface area contributed by atoms with Gasteiger partial charge in [0.1, 0.15) is 0 Å². The highest BCUT2D eigenvalue weighted by Crippen LogP contribution is 2.19. The highest BCUT2D eigenvalue weighted by Gasteiger charge is 2.27.